The Morgan fingerprint density at radius 1 is 1.61 bits per heavy atom. The maximum Gasteiger partial charge on any atom is 0.264 e. The van der Waals surface area contributed by atoms with Crippen molar-refractivity contribution in [1.82, 2.24) is 4.90 Å². The average Bonchev–Trinajstić information content (AvgIpc) is 3.06. The molecule has 1 aromatic heterocycles. The molecule has 0 saturated heterocycles. The van der Waals surface area contributed by atoms with Gasteiger partial charge in [0.25, 0.3) is 5.91 Å². The van der Waals surface area contributed by atoms with Gasteiger partial charge in [0.1, 0.15) is 0 Å². The summed E-state index contributed by atoms with van der Waals surface area (Å²) in [6, 6.07) is 2.44. The molecular weight excluding hydrogens is 264 g/mol. The average molecular weight is 282 g/mol. The van der Waals surface area contributed by atoms with Crippen LogP contribution in [0.3, 0.4) is 0 Å². The van der Waals surface area contributed by atoms with Gasteiger partial charge in [-0.15, -0.1) is 11.3 Å². The van der Waals surface area contributed by atoms with E-state index in [0.717, 1.165) is 29.7 Å². The molecule has 1 saturated carbocycles. The van der Waals surface area contributed by atoms with Gasteiger partial charge >= 0.3 is 0 Å². The molecule has 0 spiro atoms. The molecule has 5 heteroatoms. The standard InChI is InChI=1S/C13H18N2OS2/c1-2-9-6-8-18-12(9)13(16)15(10-3-4-10)7-5-11(14)17/h6,8,10H,2-5,7H2,1H3,(H2,14,17). The summed E-state index contributed by atoms with van der Waals surface area (Å²) in [5.74, 6) is 0.153. The van der Waals surface area contributed by atoms with E-state index < -0.39 is 0 Å². The molecule has 0 aromatic carbocycles. The molecule has 1 fully saturated rings. The Bertz CT molecular complexity index is 452. The molecule has 1 aliphatic rings. The topological polar surface area (TPSA) is 46.3 Å². The van der Waals surface area contributed by atoms with Crippen LogP contribution < -0.4 is 5.73 Å². The van der Waals surface area contributed by atoms with Crippen molar-refractivity contribution in [3.63, 3.8) is 0 Å². The Balaban J connectivity index is 2.10. The quantitative estimate of drug-likeness (QED) is 0.816. The zero-order chi connectivity index (χ0) is 13.1. The summed E-state index contributed by atoms with van der Waals surface area (Å²) in [4.78, 5) is 15.8. The van der Waals surface area contributed by atoms with E-state index >= 15 is 0 Å². The Morgan fingerprint density at radius 2 is 2.33 bits per heavy atom. The molecule has 0 aliphatic heterocycles. The highest BCUT2D eigenvalue weighted by Crippen LogP contribution is 2.30. The molecule has 3 nitrogen and oxygen atoms in total. The first kappa shape index (κ1) is 13.5. The Kier molecular flexibility index (Phi) is 4.35. The molecule has 0 radical (unpaired) electrons. The summed E-state index contributed by atoms with van der Waals surface area (Å²) < 4.78 is 0. The number of aryl methyl sites for hydroxylation is 1. The van der Waals surface area contributed by atoms with E-state index in [-0.39, 0.29) is 5.91 Å². The number of nitrogens with zero attached hydrogens (tertiary/aromatic N) is 1. The van der Waals surface area contributed by atoms with Gasteiger partial charge in [0.2, 0.25) is 0 Å². The lowest BCUT2D eigenvalue weighted by atomic mass is 10.2. The lowest BCUT2D eigenvalue weighted by Gasteiger charge is -2.22. The molecule has 0 unspecified atom stereocenters. The molecule has 1 aromatic rings. The smallest absolute Gasteiger partial charge is 0.264 e. The highest BCUT2D eigenvalue weighted by Gasteiger charge is 2.33. The van der Waals surface area contributed by atoms with Crippen molar-refractivity contribution in [3.05, 3.63) is 21.9 Å². The number of carbonyl (C=O) groups is 1. The van der Waals surface area contributed by atoms with Crippen LogP contribution in [0.5, 0.6) is 0 Å². The fourth-order valence-electron chi connectivity index (χ4n) is 2.00. The normalized spacial score (nSPS) is 14.5. The minimum Gasteiger partial charge on any atom is -0.393 e. The number of nitrogens with two attached hydrogens (primary N) is 1. The summed E-state index contributed by atoms with van der Waals surface area (Å²) >= 11 is 6.43. The van der Waals surface area contributed by atoms with Gasteiger partial charge in [-0.05, 0) is 36.3 Å². The van der Waals surface area contributed by atoms with E-state index in [0.29, 0.717) is 24.0 Å². The second-order valence-electron chi connectivity index (χ2n) is 4.57. The van der Waals surface area contributed by atoms with Crippen molar-refractivity contribution in [2.24, 2.45) is 5.73 Å². The largest absolute Gasteiger partial charge is 0.393 e. The summed E-state index contributed by atoms with van der Waals surface area (Å²) in [5.41, 5.74) is 6.68. The minimum absolute atomic E-state index is 0.153. The SMILES string of the molecule is CCc1ccsc1C(=O)N(CCC(N)=S)C1CC1. The lowest BCUT2D eigenvalue weighted by molar-refractivity contribution is 0.0752. The van der Waals surface area contributed by atoms with Gasteiger partial charge in [0.15, 0.2) is 0 Å². The molecule has 0 atom stereocenters. The number of hydrogen-bond donors (Lipinski definition) is 1. The van der Waals surface area contributed by atoms with Gasteiger partial charge < -0.3 is 10.6 Å². The van der Waals surface area contributed by atoms with E-state index in [1.165, 1.54) is 11.3 Å². The maximum absolute atomic E-state index is 12.5. The summed E-state index contributed by atoms with van der Waals surface area (Å²) in [7, 11) is 0. The fourth-order valence-corrected chi connectivity index (χ4v) is 3.04. The second-order valence-corrected chi connectivity index (χ2v) is 6.02. The third kappa shape index (κ3) is 3.09. The van der Waals surface area contributed by atoms with Crippen LogP contribution >= 0.6 is 23.6 Å². The van der Waals surface area contributed by atoms with Gasteiger partial charge in [-0.2, -0.15) is 0 Å². The van der Waals surface area contributed by atoms with Gasteiger partial charge in [-0.3, -0.25) is 4.79 Å². The van der Waals surface area contributed by atoms with Crippen molar-refractivity contribution in [2.45, 2.75) is 38.6 Å². The lowest BCUT2D eigenvalue weighted by Crippen LogP contribution is -2.35. The Hall–Kier alpha value is -0.940. The first-order chi connectivity index (χ1) is 8.63. The van der Waals surface area contributed by atoms with Crippen LogP contribution in [0, 0.1) is 0 Å². The van der Waals surface area contributed by atoms with E-state index in [1.807, 2.05) is 16.3 Å². The minimum atomic E-state index is 0.153. The summed E-state index contributed by atoms with van der Waals surface area (Å²) in [6.07, 6.45) is 3.73. The number of thiophene rings is 1. The monoisotopic (exact) mass is 282 g/mol. The Morgan fingerprint density at radius 3 is 2.89 bits per heavy atom. The number of hydrogen-bond acceptors (Lipinski definition) is 3. The molecule has 2 N–H and O–H groups in total. The van der Waals surface area contributed by atoms with Crippen molar-refractivity contribution in [2.75, 3.05) is 6.54 Å². The van der Waals surface area contributed by atoms with Gasteiger partial charge in [0, 0.05) is 19.0 Å². The Labute approximate surface area is 117 Å². The molecule has 2 rings (SSSR count). The van der Waals surface area contributed by atoms with Crippen LogP contribution in [-0.4, -0.2) is 28.4 Å². The highest BCUT2D eigenvalue weighted by molar-refractivity contribution is 7.80. The molecule has 1 heterocycles. The van der Waals surface area contributed by atoms with Gasteiger partial charge in [0.05, 0.1) is 9.87 Å². The van der Waals surface area contributed by atoms with Crippen molar-refractivity contribution >= 4 is 34.5 Å². The van der Waals surface area contributed by atoms with E-state index in [4.69, 9.17) is 18.0 Å². The molecule has 1 aliphatic carbocycles. The number of carbonyl (C=O) groups excluding carboxylic acids is 1. The van der Waals surface area contributed by atoms with Crippen LogP contribution in [0.4, 0.5) is 0 Å². The third-order valence-electron chi connectivity index (χ3n) is 3.17. The predicted octanol–water partition coefficient (Wildman–Crippen LogP) is 2.59. The molecule has 18 heavy (non-hydrogen) atoms. The second kappa shape index (κ2) is 5.80. The van der Waals surface area contributed by atoms with E-state index in [1.54, 1.807) is 0 Å². The van der Waals surface area contributed by atoms with Crippen molar-refractivity contribution < 1.29 is 4.79 Å². The van der Waals surface area contributed by atoms with Crippen LogP contribution in [0.15, 0.2) is 11.4 Å². The third-order valence-corrected chi connectivity index (χ3v) is 4.32. The maximum atomic E-state index is 12.5. The fraction of sp³-hybridized carbons (Fsp3) is 0.538. The first-order valence-electron chi connectivity index (χ1n) is 6.29. The summed E-state index contributed by atoms with van der Waals surface area (Å²) in [6.45, 7) is 2.73. The molecular formula is C13H18N2OS2. The summed E-state index contributed by atoms with van der Waals surface area (Å²) in [5, 5.41) is 1.99. The number of amides is 1. The molecule has 0 bridgehead atoms. The van der Waals surface area contributed by atoms with Crippen molar-refractivity contribution in [1.29, 1.82) is 0 Å². The van der Waals surface area contributed by atoms with Gasteiger partial charge in [-0.25, -0.2) is 0 Å². The van der Waals surface area contributed by atoms with Crippen LogP contribution in [-0.2, 0) is 6.42 Å². The van der Waals surface area contributed by atoms with E-state index in [9.17, 15) is 4.79 Å². The zero-order valence-electron chi connectivity index (χ0n) is 10.5. The number of thiocarbonyl (C=S) groups is 1. The number of rotatable bonds is 6. The van der Waals surface area contributed by atoms with E-state index in [2.05, 4.69) is 6.92 Å². The van der Waals surface area contributed by atoms with Crippen LogP contribution in [0.2, 0.25) is 0 Å². The zero-order valence-corrected chi connectivity index (χ0v) is 12.1. The first-order valence-corrected chi connectivity index (χ1v) is 7.58. The van der Waals surface area contributed by atoms with Crippen molar-refractivity contribution in [3.8, 4) is 0 Å². The molecule has 98 valence electrons. The van der Waals surface area contributed by atoms with Gasteiger partial charge in [-0.1, -0.05) is 19.1 Å². The highest BCUT2D eigenvalue weighted by atomic mass is 32.1. The van der Waals surface area contributed by atoms with Crippen LogP contribution in [0.1, 0.15) is 41.4 Å². The predicted molar refractivity (Wildman–Crippen MR) is 79.2 cm³/mol. The molecule has 1 amide bonds. The van der Waals surface area contributed by atoms with Crippen LogP contribution in [0.25, 0.3) is 0 Å².